The molecule has 112 valence electrons. The van der Waals surface area contributed by atoms with Crippen LogP contribution in [0.25, 0.3) is 0 Å². The maximum Gasteiger partial charge on any atom is 0.330 e. The normalized spacial score (nSPS) is 23.1. The number of aliphatic hydroxyl groups excluding tert-OH is 1. The monoisotopic (exact) mass is 282 g/mol. The highest BCUT2D eigenvalue weighted by Crippen LogP contribution is 2.24. The standard InChI is InChI=1S/C13H22N4O3/c1-3-5-17-11(14)10(12(19)15-13(17)20)16-6-4-8(2)9(18)7-16/h8-9,18H,3-7,14H2,1-2H3,(H,15,19,20). The van der Waals surface area contributed by atoms with Gasteiger partial charge in [0.1, 0.15) is 11.5 Å². The van der Waals surface area contributed by atoms with Crippen molar-refractivity contribution in [1.29, 1.82) is 0 Å². The summed E-state index contributed by atoms with van der Waals surface area (Å²) < 4.78 is 1.38. The van der Waals surface area contributed by atoms with E-state index in [2.05, 4.69) is 4.98 Å². The molecule has 0 aliphatic carbocycles. The number of aromatic nitrogens is 2. The van der Waals surface area contributed by atoms with Gasteiger partial charge in [-0.15, -0.1) is 0 Å². The van der Waals surface area contributed by atoms with Crippen molar-refractivity contribution in [2.24, 2.45) is 5.92 Å². The predicted octanol–water partition coefficient (Wildman–Crippen LogP) is -0.264. The SMILES string of the molecule is CCCn1c(N)c(N2CCC(C)C(O)C2)c(=O)[nH]c1=O. The third kappa shape index (κ3) is 2.58. The molecule has 0 bridgehead atoms. The summed E-state index contributed by atoms with van der Waals surface area (Å²) in [5, 5.41) is 9.96. The van der Waals surface area contributed by atoms with Crippen LogP contribution in [0.3, 0.4) is 0 Å². The van der Waals surface area contributed by atoms with Crippen LogP contribution in [-0.2, 0) is 6.54 Å². The fourth-order valence-corrected chi connectivity index (χ4v) is 2.58. The van der Waals surface area contributed by atoms with Gasteiger partial charge in [-0.3, -0.25) is 14.3 Å². The van der Waals surface area contributed by atoms with Crippen molar-refractivity contribution >= 4 is 11.5 Å². The Labute approximate surface area is 117 Å². The molecule has 2 heterocycles. The Balaban J connectivity index is 2.44. The molecule has 1 aromatic heterocycles. The molecule has 4 N–H and O–H groups in total. The van der Waals surface area contributed by atoms with Gasteiger partial charge in [0, 0.05) is 19.6 Å². The number of β-amino-alcohol motifs (C(OH)–C–C–N with tert-alkyl or cyclic N) is 1. The summed E-state index contributed by atoms with van der Waals surface area (Å²) >= 11 is 0. The van der Waals surface area contributed by atoms with Crippen molar-refractivity contribution in [3.63, 3.8) is 0 Å². The third-order valence-corrected chi connectivity index (χ3v) is 3.90. The first-order valence-electron chi connectivity index (χ1n) is 7.01. The van der Waals surface area contributed by atoms with E-state index in [1.54, 1.807) is 4.90 Å². The average Bonchev–Trinajstić information content (AvgIpc) is 2.38. The molecular weight excluding hydrogens is 260 g/mol. The first-order valence-corrected chi connectivity index (χ1v) is 7.01. The van der Waals surface area contributed by atoms with Crippen molar-refractivity contribution in [2.75, 3.05) is 23.7 Å². The van der Waals surface area contributed by atoms with Gasteiger partial charge in [-0.05, 0) is 18.8 Å². The van der Waals surface area contributed by atoms with Crippen LogP contribution in [0.2, 0.25) is 0 Å². The van der Waals surface area contributed by atoms with E-state index in [-0.39, 0.29) is 11.7 Å². The van der Waals surface area contributed by atoms with Crippen molar-refractivity contribution in [3.8, 4) is 0 Å². The van der Waals surface area contributed by atoms with Crippen LogP contribution in [0.1, 0.15) is 26.7 Å². The minimum atomic E-state index is -0.492. The highest BCUT2D eigenvalue weighted by atomic mass is 16.3. The largest absolute Gasteiger partial charge is 0.391 e. The van der Waals surface area contributed by atoms with Crippen LogP contribution < -0.4 is 21.9 Å². The van der Waals surface area contributed by atoms with E-state index < -0.39 is 17.4 Å². The van der Waals surface area contributed by atoms with E-state index >= 15 is 0 Å². The molecule has 7 nitrogen and oxygen atoms in total. The van der Waals surface area contributed by atoms with Gasteiger partial charge < -0.3 is 15.7 Å². The lowest BCUT2D eigenvalue weighted by Crippen LogP contribution is -2.47. The van der Waals surface area contributed by atoms with E-state index in [1.807, 2.05) is 13.8 Å². The van der Waals surface area contributed by atoms with E-state index in [9.17, 15) is 14.7 Å². The molecule has 1 aromatic rings. The number of piperidine rings is 1. The van der Waals surface area contributed by atoms with Crippen LogP contribution in [0, 0.1) is 5.92 Å². The fraction of sp³-hybridized carbons (Fsp3) is 0.692. The lowest BCUT2D eigenvalue weighted by atomic mass is 9.96. The molecule has 20 heavy (non-hydrogen) atoms. The van der Waals surface area contributed by atoms with Crippen molar-refractivity contribution in [2.45, 2.75) is 39.3 Å². The lowest BCUT2D eigenvalue weighted by Gasteiger charge is -2.35. The Morgan fingerprint density at radius 2 is 2.15 bits per heavy atom. The zero-order valence-corrected chi connectivity index (χ0v) is 11.9. The van der Waals surface area contributed by atoms with E-state index in [0.717, 1.165) is 12.8 Å². The summed E-state index contributed by atoms with van der Waals surface area (Å²) in [5.41, 5.74) is 5.33. The van der Waals surface area contributed by atoms with E-state index in [0.29, 0.717) is 25.3 Å². The molecule has 0 amide bonds. The topological polar surface area (TPSA) is 104 Å². The maximum atomic E-state index is 12.0. The van der Waals surface area contributed by atoms with Gasteiger partial charge in [0.25, 0.3) is 5.56 Å². The van der Waals surface area contributed by atoms with Gasteiger partial charge >= 0.3 is 5.69 Å². The summed E-state index contributed by atoms with van der Waals surface area (Å²) in [6.45, 7) is 5.38. The van der Waals surface area contributed by atoms with Crippen LogP contribution in [0.15, 0.2) is 9.59 Å². The second-order valence-corrected chi connectivity index (χ2v) is 5.42. The summed E-state index contributed by atoms with van der Waals surface area (Å²) in [6.07, 6.45) is 1.04. The molecule has 0 saturated carbocycles. The van der Waals surface area contributed by atoms with Gasteiger partial charge in [-0.1, -0.05) is 13.8 Å². The fourth-order valence-electron chi connectivity index (χ4n) is 2.58. The van der Waals surface area contributed by atoms with Crippen molar-refractivity contribution in [3.05, 3.63) is 20.8 Å². The Bertz CT molecular complexity index is 592. The first kappa shape index (κ1) is 14.6. The number of nitrogens with one attached hydrogen (secondary N) is 1. The van der Waals surface area contributed by atoms with Crippen LogP contribution in [-0.4, -0.2) is 33.9 Å². The molecule has 1 aliphatic heterocycles. The number of H-pyrrole nitrogens is 1. The lowest BCUT2D eigenvalue weighted by molar-refractivity contribution is 0.103. The molecule has 1 aliphatic rings. The first-order chi connectivity index (χ1) is 9.45. The van der Waals surface area contributed by atoms with Crippen LogP contribution >= 0.6 is 0 Å². The molecule has 1 fully saturated rings. The molecule has 0 radical (unpaired) electrons. The predicted molar refractivity (Wildman–Crippen MR) is 78.0 cm³/mol. The number of nitrogen functional groups attached to an aromatic ring is 1. The molecule has 7 heteroatoms. The zero-order valence-electron chi connectivity index (χ0n) is 11.9. The second kappa shape index (κ2) is 5.70. The van der Waals surface area contributed by atoms with Gasteiger partial charge in [-0.25, -0.2) is 4.79 Å². The summed E-state index contributed by atoms with van der Waals surface area (Å²) in [5.74, 6) is 0.385. The summed E-state index contributed by atoms with van der Waals surface area (Å²) in [4.78, 5) is 27.9. The van der Waals surface area contributed by atoms with Crippen molar-refractivity contribution in [1.82, 2.24) is 9.55 Å². The maximum absolute atomic E-state index is 12.0. The molecular formula is C13H22N4O3. The molecule has 0 spiro atoms. The van der Waals surface area contributed by atoms with Crippen LogP contribution in [0.5, 0.6) is 0 Å². The number of aliphatic hydroxyl groups is 1. The quantitative estimate of drug-likeness (QED) is 0.708. The number of nitrogens with zero attached hydrogens (tertiary/aromatic N) is 2. The van der Waals surface area contributed by atoms with E-state index in [4.69, 9.17) is 5.73 Å². The molecule has 0 aromatic carbocycles. The molecule has 2 unspecified atom stereocenters. The second-order valence-electron chi connectivity index (χ2n) is 5.42. The molecule has 2 atom stereocenters. The number of aromatic amines is 1. The molecule has 1 saturated heterocycles. The third-order valence-electron chi connectivity index (χ3n) is 3.90. The van der Waals surface area contributed by atoms with E-state index in [1.165, 1.54) is 4.57 Å². The van der Waals surface area contributed by atoms with Gasteiger partial charge in [0.05, 0.1) is 6.10 Å². The minimum Gasteiger partial charge on any atom is -0.391 e. The number of rotatable bonds is 3. The van der Waals surface area contributed by atoms with Gasteiger partial charge in [0.15, 0.2) is 0 Å². The summed E-state index contributed by atoms with van der Waals surface area (Å²) in [7, 11) is 0. The van der Waals surface area contributed by atoms with Gasteiger partial charge in [0.2, 0.25) is 0 Å². The number of anilines is 2. The highest BCUT2D eigenvalue weighted by molar-refractivity contribution is 5.62. The average molecular weight is 282 g/mol. The molecule has 2 rings (SSSR count). The Morgan fingerprint density at radius 3 is 2.75 bits per heavy atom. The smallest absolute Gasteiger partial charge is 0.330 e. The number of nitrogens with two attached hydrogens (primary N) is 1. The highest BCUT2D eigenvalue weighted by Gasteiger charge is 2.28. The minimum absolute atomic E-state index is 0.183. The van der Waals surface area contributed by atoms with Crippen molar-refractivity contribution < 1.29 is 5.11 Å². The Morgan fingerprint density at radius 1 is 1.45 bits per heavy atom. The zero-order chi connectivity index (χ0) is 14.9. The Kier molecular flexibility index (Phi) is 4.17. The summed E-state index contributed by atoms with van der Waals surface area (Å²) in [6, 6.07) is 0. The number of hydrogen-bond donors (Lipinski definition) is 3. The van der Waals surface area contributed by atoms with Crippen LogP contribution in [0.4, 0.5) is 11.5 Å². The van der Waals surface area contributed by atoms with Gasteiger partial charge in [-0.2, -0.15) is 0 Å². The number of hydrogen-bond acceptors (Lipinski definition) is 5. The Hall–Kier alpha value is -1.76.